The fourth-order valence-corrected chi connectivity index (χ4v) is 1.58. The molecule has 0 aliphatic heterocycles. The van der Waals surface area contributed by atoms with Gasteiger partial charge in [-0.1, -0.05) is 25.4 Å². The minimum atomic E-state index is -0.136. The molecule has 1 amide bonds. The van der Waals surface area contributed by atoms with E-state index in [1.54, 1.807) is 13.1 Å². The summed E-state index contributed by atoms with van der Waals surface area (Å²) >= 11 is 5.95. The zero-order chi connectivity index (χ0) is 12.8. The second-order valence-corrected chi connectivity index (χ2v) is 4.65. The van der Waals surface area contributed by atoms with Crippen LogP contribution in [0.2, 0.25) is 5.02 Å². The molecule has 0 fully saturated rings. The molecule has 0 bridgehead atoms. The molecule has 0 aromatic carbocycles. The molecule has 4 nitrogen and oxygen atoms in total. The average Bonchev–Trinajstić information content (AvgIpc) is 2.28. The van der Waals surface area contributed by atoms with E-state index in [1.807, 2.05) is 0 Å². The highest BCUT2D eigenvalue weighted by Gasteiger charge is 2.08. The van der Waals surface area contributed by atoms with Gasteiger partial charge in [-0.05, 0) is 18.4 Å². The van der Waals surface area contributed by atoms with Gasteiger partial charge >= 0.3 is 0 Å². The maximum atomic E-state index is 11.7. The van der Waals surface area contributed by atoms with Gasteiger partial charge in [-0.2, -0.15) is 0 Å². The van der Waals surface area contributed by atoms with E-state index in [-0.39, 0.29) is 5.91 Å². The van der Waals surface area contributed by atoms with E-state index in [9.17, 15) is 4.79 Å². The quantitative estimate of drug-likeness (QED) is 0.850. The van der Waals surface area contributed by atoms with Crippen molar-refractivity contribution in [2.75, 3.05) is 18.9 Å². The van der Waals surface area contributed by atoms with Crippen molar-refractivity contribution >= 4 is 23.3 Å². The number of hydrogen-bond acceptors (Lipinski definition) is 3. The first-order valence-electron chi connectivity index (χ1n) is 5.66. The lowest BCUT2D eigenvalue weighted by Gasteiger charge is -2.08. The van der Waals surface area contributed by atoms with Crippen LogP contribution in [-0.2, 0) is 0 Å². The monoisotopic (exact) mass is 255 g/mol. The zero-order valence-corrected chi connectivity index (χ0v) is 11.1. The smallest absolute Gasteiger partial charge is 0.252 e. The van der Waals surface area contributed by atoms with Crippen LogP contribution in [-0.4, -0.2) is 24.5 Å². The number of pyridine rings is 1. The Morgan fingerprint density at radius 3 is 2.76 bits per heavy atom. The van der Waals surface area contributed by atoms with E-state index >= 15 is 0 Å². The van der Waals surface area contributed by atoms with Crippen molar-refractivity contribution in [3.8, 4) is 0 Å². The van der Waals surface area contributed by atoms with Crippen LogP contribution >= 0.6 is 11.6 Å². The zero-order valence-electron chi connectivity index (χ0n) is 10.4. The largest absolute Gasteiger partial charge is 0.372 e. The molecule has 1 aromatic rings. The predicted molar refractivity (Wildman–Crippen MR) is 70.6 cm³/mol. The van der Waals surface area contributed by atoms with Crippen LogP contribution in [0.5, 0.6) is 0 Å². The minimum absolute atomic E-state index is 0.136. The van der Waals surface area contributed by atoms with Gasteiger partial charge in [-0.3, -0.25) is 4.79 Å². The van der Waals surface area contributed by atoms with E-state index in [0.717, 1.165) is 6.42 Å². The van der Waals surface area contributed by atoms with Gasteiger partial charge in [-0.25, -0.2) is 4.98 Å². The Morgan fingerprint density at radius 1 is 1.53 bits per heavy atom. The summed E-state index contributed by atoms with van der Waals surface area (Å²) in [6.45, 7) is 4.90. The van der Waals surface area contributed by atoms with Gasteiger partial charge in [-0.15, -0.1) is 0 Å². The highest BCUT2D eigenvalue weighted by Crippen LogP contribution is 2.19. The molecular formula is C12H18ClN3O. The predicted octanol–water partition coefficient (Wildman–Crippen LogP) is 2.55. The summed E-state index contributed by atoms with van der Waals surface area (Å²) in [5, 5.41) is 6.13. The Bertz CT molecular complexity index is 393. The number of amides is 1. The van der Waals surface area contributed by atoms with Crippen LogP contribution < -0.4 is 10.6 Å². The molecule has 5 heteroatoms. The summed E-state index contributed by atoms with van der Waals surface area (Å²) in [6, 6.07) is 1.62. The van der Waals surface area contributed by atoms with Crippen LogP contribution in [0.4, 0.5) is 5.82 Å². The summed E-state index contributed by atoms with van der Waals surface area (Å²) in [6.07, 6.45) is 2.48. The molecule has 0 spiro atoms. The third kappa shape index (κ3) is 4.23. The number of carbonyl (C=O) groups excluding carboxylic acids is 1. The van der Waals surface area contributed by atoms with Crippen molar-refractivity contribution in [3.05, 3.63) is 22.8 Å². The fourth-order valence-electron chi connectivity index (χ4n) is 1.32. The molecule has 1 rings (SSSR count). The van der Waals surface area contributed by atoms with Gasteiger partial charge in [0.1, 0.15) is 5.82 Å². The molecule has 0 unspecified atom stereocenters. The van der Waals surface area contributed by atoms with Crippen molar-refractivity contribution in [1.29, 1.82) is 0 Å². The van der Waals surface area contributed by atoms with Gasteiger partial charge in [0.25, 0.3) is 5.91 Å². The molecule has 94 valence electrons. The van der Waals surface area contributed by atoms with Crippen LogP contribution in [0.15, 0.2) is 12.3 Å². The minimum Gasteiger partial charge on any atom is -0.372 e. The molecule has 0 radical (unpaired) electrons. The lowest BCUT2D eigenvalue weighted by Crippen LogP contribution is -2.25. The van der Waals surface area contributed by atoms with Gasteiger partial charge < -0.3 is 10.6 Å². The average molecular weight is 256 g/mol. The number of rotatable bonds is 5. The van der Waals surface area contributed by atoms with E-state index < -0.39 is 0 Å². The third-order valence-corrected chi connectivity index (χ3v) is 2.64. The van der Waals surface area contributed by atoms with Gasteiger partial charge in [0.2, 0.25) is 0 Å². The van der Waals surface area contributed by atoms with Crippen LogP contribution in [0.1, 0.15) is 30.6 Å². The summed E-state index contributed by atoms with van der Waals surface area (Å²) < 4.78 is 0. The Labute approximate surface area is 107 Å². The van der Waals surface area contributed by atoms with Crippen molar-refractivity contribution < 1.29 is 4.79 Å². The number of anilines is 1. The molecular weight excluding hydrogens is 238 g/mol. The maximum absolute atomic E-state index is 11.7. The summed E-state index contributed by atoms with van der Waals surface area (Å²) in [5.41, 5.74) is 0.484. The molecule has 0 aliphatic carbocycles. The second-order valence-electron chi connectivity index (χ2n) is 4.24. The highest BCUT2D eigenvalue weighted by atomic mass is 35.5. The second kappa shape index (κ2) is 6.45. The first-order valence-corrected chi connectivity index (χ1v) is 6.04. The van der Waals surface area contributed by atoms with Gasteiger partial charge in [0.15, 0.2) is 0 Å². The molecule has 0 aliphatic rings. The van der Waals surface area contributed by atoms with E-state index in [0.29, 0.717) is 28.9 Å². The van der Waals surface area contributed by atoms with Gasteiger partial charge in [0, 0.05) is 19.8 Å². The number of carbonyl (C=O) groups is 1. The standard InChI is InChI=1S/C12H18ClN3O/c1-8(2)4-5-15-12(17)9-6-10(13)11(14-3)16-7-9/h6-8H,4-5H2,1-3H3,(H,14,16)(H,15,17). The van der Waals surface area contributed by atoms with Crippen molar-refractivity contribution in [1.82, 2.24) is 10.3 Å². The summed E-state index contributed by atoms with van der Waals surface area (Å²) in [5.74, 6) is 1.01. The van der Waals surface area contributed by atoms with E-state index in [2.05, 4.69) is 29.5 Å². The molecule has 0 atom stereocenters. The molecule has 0 saturated heterocycles. The number of halogens is 1. The maximum Gasteiger partial charge on any atom is 0.252 e. The topological polar surface area (TPSA) is 54.0 Å². The molecule has 0 saturated carbocycles. The molecule has 2 N–H and O–H groups in total. The molecule has 1 aromatic heterocycles. The summed E-state index contributed by atoms with van der Waals surface area (Å²) in [4.78, 5) is 15.8. The lowest BCUT2D eigenvalue weighted by molar-refractivity contribution is 0.0951. The Morgan fingerprint density at radius 2 is 2.24 bits per heavy atom. The number of hydrogen-bond donors (Lipinski definition) is 2. The molecule has 1 heterocycles. The summed E-state index contributed by atoms with van der Waals surface area (Å²) in [7, 11) is 1.73. The van der Waals surface area contributed by atoms with Crippen molar-refractivity contribution in [2.24, 2.45) is 5.92 Å². The van der Waals surface area contributed by atoms with Crippen LogP contribution in [0.3, 0.4) is 0 Å². The van der Waals surface area contributed by atoms with Crippen molar-refractivity contribution in [3.63, 3.8) is 0 Å². The first-order chi connectivity index (χ1) is 8.04. The fraction of sp³-hybridized carbons (Fsp3) is 0.500. The Balaban J connectivity index is 2.60. The normalized spacial score (nSPS) is 10.4. The van der Waals surface area contributed by atoms with Crippen molar-refractivity contribution in [2.45, 2.75) is 20.3 Å². The van der Waals surface area contributed by atoms with Crippen LogP contribution in [0, 0.1) is 5.92 Å². The van der Waals surface area contributed by atoms with Gasteiger partial charge in [0.05, 0.1) is 10.6 Å². The van der Waals surface area contributed by atoms with E-state index in [4.69, 9.17) is 11.6 Å². The Hall–Kier alpha value is -1.29. The first kappa shape index (κ1) is 13.8. The number of nitrogens with one attached hydrogen (secondary N) is 2. The number of nitrogens with zero attached hydrogens (tertiary/aromatic N) is 1. The number of aromatic nitrogens is 1. The highest BCUT2D eigenvalue weighted by molar-refractivity contribution is 6.33. The third-order valence-electron chi connectivity index (χ3n) is 2.35. The Kier molecular flexibility index (Phi) is 5.22. The SMILES string of the molecule is CNc1ncc(C(=O)NCCC(C)C)cc1Cl. The van der Waals surface area contributed by atoms with E-state index in [1.165, 1.54) is 6.20 Å². The lowest BCUT2D eigenvalue weighted by atomic mass is 10.1. The molecule has 17 heavy (non-hydrogen) atoms. The van der Waals surface area contributed by atoms with Crippen LogP contribution in [0.25, 0.3) is 0 Å².